The number of aromatic nitrogens is 3. The fraction of sp³-hybridized carbons (Fsp3) is 0.533. The molecule has 6 heteroatoms. The van der Waals surface area contributed by atoms with E-state index in [9.17, 15) is 4.79 Å². The lowest BCUT2D eigenvalue weighted by molar-refractivity contribution is -0.121. The molecule has 0 saturated carbocycles. The van der Waals surface area contributed by atoms with E-state index >= 15 is 0 Å². The highest BCUT2D eigenvalue weighted by Gasteiger charge is 2.11. The van der Waals surface area contributed by atoms with E-state index in [0.29, 0.717) is 19.5 Å². The van der Waals surface area contributed by atoms with Crippen molar-refractivity contribution in [1.82, 2.24) is 19.9 Å². The maximum atomic E-state index is 11.9. The summed E-state index contributed by atoms with van der Waals surface area (Å²) in [6.45, 7) is 7.46. The number of aryl methyl sites for hydroxylation is 3. The molecule has 0 unspecified atom stereocenters. The molecule has 5 nitrogen and oxygen atoms in total. The van der Waals surface area contributed by atoms with Crippen molar-refractivity contribution in [3.63, 3.8) is 0 Å². The molecule has 1 atom stereocenters. The number of hydrogen-bond acceptors (Lipinski definition) is 4. The summed E-state index contributed by atoms with van der Waals surface area (Å²) in [4.78, 5) is 20.6. The van der Waals surface area contributed by atoms with Gasteiger partial charge >= 0.3 is 0 Å². The highest BCUT2D eigenvalue weighted by atomic mass is 32.1. The van der Waals surface area contributed by atoms with Crippen LogP contribution in [0.1, 0.15) is 42.7 Å². The Labute approximate surface area is 129 Å². The monoisotopic (exact) mass is 306 g/mol. The topological polar surface area (TPSA) is 59.8 Å². The Hall–Kier alpha value is -1.69. The van der Waals surface area contributed by atoms with Gasteiger partial charge in [-0.05, 0) is 6.92 Å². The minimum Gasteiger partial charge on any atom is -0.355 e. The van der Waals surface area contributed by atoms with Crippen LogP contribution in [-0.4, -0.2) is 27.0 Å². The van der Waals surface area contributed by atoms with Crippen LogP contribution in [-0.2, 0) is 17.8 Å². The third-order valence-corrected chi connectivity index (χ3v) is 4.56. The van der Waals surface area contributed by atoms with Crippen molar-refractivity contribution in [1.29, 1.82) is 0 Å². The smallest absolute Gasteiger partial charge is 0.221 e. The Morgan fingerprint density at radius 3 is 3.00 bits per heavy atom. The second-order valence-corrected chi connectivity index (χ2v) is 6.06. The molecule has 0 aliphatic carbocycles. The predicted molar refractivity (Wildman–Crippen MR) is 84.5 cm³/mol. The molecule has 0 spiro atoms. The maximum Gasteiger partial charge on any atom is 0.221 e. The van der Waals surface area contributed by atoms with Crippen molar-refractivity contribution < 1.29 is 4.79 Å². The number of amides is 1. The van der Waals surface area contributed by atoms with Crippen LogP contribution in [0.3, 0.4) is 0 Å². The standard InChI is InChI=1S/C15H22N4OS/c1-4-13-16-6-8-19(13)7-5-14(20)17-9-11(2)15-18-12(3)10-21-15/h6,8,10-11H,4-5,7,9H2,1-3H3,(H,17,20)/t11-/m1/s1. The Morgan fingerprint density at radius 1 is 1.52 bits per heavy atom. The lowest BCUT2D eigenvalue weighted by Crippen LogP contribution is -2.28. The Kier molecular flexibility index (Phi) is 5.50. The van der Waals surface area contributed by atoms with Crippen LogP contribution in [0.5, 0.6) is 0 Å². The summed E-state index contributed by atoms with van der Waals surface area (Å²) in [5.74, 6) is 1.35. The Balaban J connectivity index is 1.75. The predicted octanol–water partition coefficient (Wildman–Crippen LogP) is 2.52. The summed E-state index contributed by atoms with van der Waals surface area (Å²) >= 11 is 1.65. The van der Waals surface area contributed by atoms with E-state index in [1.165, 1.54) is 0 Å². The van der Waals surface area contributed by atoms with Crippen LogP contribution >= 0.6 is 11.3 Å². The van der Waals surface area contributed by atoms with Gasteiger partial charge in [0.1, 0.15) is 5.82 Å². The van der Waals surface area contributed by atoms with E-state index in [1.54, 1.807) is 17.5 Å². The summed E-state index contributed by atoms with van der Waals surface area (Å²) in [5.41, 5.74) is 1.04. The van der Waals surface area contributed by atoms with Crippen molar-refractivity contribution >= 4 is 17.2 Å². The normalized spacial score (nSPS) is 12.3. The molecule has 0 radical (unpaired) electrons. The van der Waals surface area contributed by atoms with Crippen molar-refractivity contribution in [3.05, 3.63) is 34.3 Å². The van der Waals surface area contributed by atoms with E-state index in [0.717, 1.165) is 22.9 Å². The molecule has 0 aliphatic rings. The van der Waals surface area contributed by atoms with Gasteiger partial charge in [-0.15, -0.1) is 11.3 Å². The molecule has 0 fully saturated rings. The van der Waals surface area contributed by atoms with E-state index in [4.69, 9.17) is 0 Å². The second kappa shape index (κ2) is 7.36. The maximum absolute atomic E-state index is 11.9. The van der Waals surface area contributed by atoms with E-state index in [1.807, 2.05) is 23.1 Å². The second-order valence-electron chi connectivity index (χ2n) is 5.17. The zero-order valence-corrected chi connectivity index (χ0v) is 13.6. The number of hydrogen-bond donors (Lipinski definition) is 1. The quantitative estimate of drug-likeness (QED) is 0.855. The van der Waals surface area contributed by atoms with Crippen molar-refractivity contribution in [2.45, 2.75) is 46.1 Å². The number of thiazole rings is 1. The van der Waals surface area contributed by atoms with Gasteiger partial charge < -0.3 is 9.88 Å². The lowest BCUT2D eigenvalue weighted by atomic mass is 10.2. The third kappa shape index (κ3) is 4.39. The van der Waals surface area contributed by atoms with Gasteiger partial charge in [0.2, 0.25) is 5.91 Å². The first-order chi connectivity index (χ1) is 10.1. The van der Waals surface area contributed by atoms with Gasteiger partial charge in [0.15, 0.2) is 0 Å². The number of nitrogens with zero attached hydrogens (tertiary/aromatic N) is 3. The molecule has 0 bridgehead atoms. The fourth-order valence-electron chi connectivity index (χ4n) is 2.12. The Bertz CT molecular complexity index is 590. The average molecular weight is 306 g/mol. The number of carbonyl (C=O) groups is 1. The molecular weight excluding hydrogens is 284 g/mol. The molecule has 1 N–H and O–H groups in total. The summed E-state index contributed by atoms with van der Waals surface area (Å²) in [6, 6.07) is 0. The summed E-state index contributed by atoms with van der Waals surface area (Å²) in [7, 11) is 0. The highest BCUT2D eigenvalue weighted by Crippen LogP contribution is 2.18. The number of imidazole rings is 1. The van der Waals surface area contributed by atoms with Crippen LogP contribution < -0.4 is 5.32 Å². The van der Waals surface area contributed by atoms with Crippen LogP contribution in [0, 0.1) is 6.92 Å². The number of nitrogens with one attached hydrogen (secondary N) is 1. The summed E-state index contributed by atoms with van der Waals surface area (Å²) in [5, 5.41) is 6.10. The van der Waals surface area contributed by atoms with Crippen molar-refractivity contribution in [2.24, 2.45) is 0 Å². The lowest BCUT2D eigenvalue weighted by Gasteiger charge is -2.11. The minimum absolute atomic E-state index is 0.0749. The largest absolute Gasteiger partial charge is 0.355 e. The molecule has 0 aliphatic heterocycles. The Morgan fingerprint density at radius 2 is 2.33 bits per heavy atom. The summed E-state index contributed by atoms with van der Waals surface area (Å²) in [6.07, 6.45) is 5.07. The van der Waals surface area contributed by atoms with Crippen LogP contribution in [0.25, 0.3) is 0 Å². The van der Waals surface area contributed by atoms with Gasteiger partial charge in [-0.1, -0.05) is 13.8 Å². The highest BCUT2D eigenvalue weighted by molar-refractivity contribution is 7.09. The van der Waals surface area contributed by atoms with Crippen LogP contribution in [0.4, 0.5) is 0 Å². The van der Waals surface area contributed by atoms with E-state index < -0.39 is 0 Å². The van der Waals surface area contributed by atoms with E-state index in [2.05, 4.69) is 29.1 Å². The minimum atomic E-state index is 0.0749. The molecule has 0 saturated heterocycles. The average Bonchev–Trinajstić information content (AvgIpc) is 3.10. The first-order valence-corrected chi connectivity index (χ1v) is 8.16. The molecular formula is C15H22N4OS. The molecule has 2 aromatic rings. The zero-order valence-electron chi connectivity index (χ0n) is 12.8. The molecule has 2 heterocycles. The SMILES string of the molecule is CCc1nccn1CCC(=O)NC[C@@H](C)c1nc(C)cs1. The van der Waals surface area contributed by atoms with Gasteiger partial charge in [-0.25, -0.2) is 9.97 Å². The molecule has 2 rings (SSSR count). The number of rotatable bonds is 7. The van der Waals surface area contributed by atoms with Crippen LogP contribution in [0.2, 0.25) is 0 Å². The van der Waals surface area contributed by atoms with Crippen molar-refractivity contribution in [3.8, 4) is 0 Å². The summed E-state index contributed by atoms with van der Waals surface area (Å²) < 4.78 is 2.03. The molecule has 21 heavy (non-hydrogen) atoms. The van der Waals surface area contributed by atoms with Gasteiger partial charge in [0.05, 0.1) is 5.01 Å². The third-order valence-electron chi connectivity index (χ3n) is 3.36. The first kappa shape index (κ1) is 15.7. The number of carbonyl (C=O) groups excluding carboxylic acids is 1. The van der Waals surface area contributed by atoms with Gasteiger partial charge in [-0.2, -0.15) is 0 Å². The fourth-order valence-corrected chi connectivity index (χ4v) is 2.98. The molecule has 1 amide bonds. The zero-order chi connectivity index (χ0) is 15.2. The van der Waals surface area contributed by atoms with Crippen molar-refractivity contribution in [2.75, 3.05) is 6.54 Å². The molecule has 0 aromatic carbocycles. The van der Waals surface area contributed by atoms with Gasteiger partial charge in [0, 0.05) is 55.3 Å². The molecule has 114 valence electrons. The van der Waals surface area contributed by atoms with Gasteiger partial charge in [-0.3, -0.25) is 4.79 Å². The van der Waals surface area contributed by atoms with Crippen LogP contribution in [0.15, 0.2) is 17.8 Å². The van der Waals surface area contributed by atoms with Gasteiger partial charge in [0.25, 0.3) is 0 Å². The first-order valence-electron chi connectivity index (χ1n) is 7.29. The molecule has 2 aromatic heterocycles. The van der Waals surface area contributed by atoms with E-state index in [-0.39, 0.29) is 11.8 Å².